The van der Waals surface area contributed by atoms with Gasteiger partial charge in [-0.3, -0.25) is 9.59 Å². The Morgan fingerprint density at radius 1 is 1.25 bits per heavy atom. The van der Waals surface area contributed by atoms with E-state index in [4.69, 9.17) is 5.73 Å². The number of rotatable bonds is 6. The summed E-state index contributed by atoms with van der Waals surface area (Å²) in [6.45, 7) is 9.58. The first-order valence-corrected chi connectivity index (χ1v) is 5.88. The number of hydrogen-bond acceptors (Lipinski definition) is 2. The Morgan fingerprint density at radius 3 is 1.94 bits per heavy atom. The van der Waals surface area contributed by atoms with E-state index in [1.165, 1.54) is 0 Å². The summed E-state index contributed by atoms with van der Waals surface area (Å²) in [4.78, 5) is 23.2. The maximum absolute atomic E-state index is 12.0. The Bertz CT molecular complexity index is 258. The van der Waals surface area contributed by atoms with Crippen molar-refractivity contribution in [3.05, 3.63) is 0 Å². The minimum Gasteiger partial charge on any atom is -0.368 e. The standard InChI is InChI=1S/C12H24N2O2/c1-6-12(5,7-2)11(16)14-9(8(3)4)10(13)15/h8-9H,6-7H2,1-5H3,(H2,13,15)(H,14,16). The fourth-order valence-electron chi connectivity index (χ4n) is 1.45. The molecule has 0 saturated heterocycles. The van der Waals surface area contributed by atoms with Crippen LogP contribution in [0.1, 0.15) is 47.5 Å². The van der Waals surface area contributed by atoms with Crippen LogP contribution in [0, 0.1) is 11.3 Å². The van der Waals surface area contributed by atoms with Crippen LogP contribution in [0.25, 0.3) is 0 Å². The van der Waals surface area contributed by atoms with Crippen LogP contribution in [0.15, 0.2) is 0 Å². The Morgan fingerprint density at radius 2 is 1.69 bits per heavy atom. The summed E-state index contributed by atoms with van der Waals surface area (Å²) in [6.07, 6.45) is 1.50. The molecule has 0 spiro atoms. The molecule has 0 saturated carbocycles. The summed E-state index contributed by atoms with van der Waals surface area (Å²) in [5.74, 6) is -0.549. The maximum Gasteiger partial charge on any atom is 0.240 e. The van der Waals surface area contributed by atoms with Gasteiger partial charge in [-0.05, 0) is 18.8 Å². The average Bonchev–Trinajstić information content (AvgIpc) is 2.23. The lowest BCUT2D eigenvalue weighted by Gasteiger charge is -2.29. The zero-order chi connectivity index (χ0) is 12.9. The highest BCUT2D eigenvalue weighted by Crippen LogP contribution is 2.25. The summed E-state index contributed by atoms with van der Waals surface area (Å²) in [7, 11) is 0. The van der Waals surface area contributed by atoms with Crippen LogP contribution in [-0.2, 0) is 9.59 Å². The highest BCUT2D eigenvalue weighted by Gasteiger charge is 2.32. The lowest BCUT2D eigenvalue weighted by atomic mass is 9.83. The van der Waals surface area contributed by atoms with Gasteiger partial charge in [0.25, 0.3) is 0 Å². The van der Waals surface area contributed by atoms with Crippen LogP contribution in [0.5, 0.6) is 0 Å². The first-order chi connectivity index (χ1) is 7.28. The van der Waals surface area contributed by atoms with Gasteiger partial charge in [-0.1, -0.05) is 34.6 Å². The lowest BCUT2D eigenvalue weighted by molar-refractivity contribution is -0.135. The molecule has 0 aliphatic carbocycles. The molecular formula is C12H24N2O2. The largest absolute Gasteiger partial charge is 0.368 e. The predicted molar refractivity (Wildman–Crippen MR) is 64.7 cm³/mol. The molecule has 0 aromatic heterocycles. The van der Waals surface area contributed by atoms with Crippen molar-refractivity contribution < 1.29 is 9.59 Å². The van der Waals surface area contributed by atoms with E-state index < -0.39 is 17.4 Å². The van der Waals surface area contributed by atoms with E-state index in [2.05, 4.69) is 5.32 Å². The highest BCUT2D eigenvalue weighted by atomic mass is 16.2. The van der Waals surface area contributed by atoms with Crippen molar-refractivity contribution in [2.75, 3.05) is 0 Å². The number of amides is 2. The van der Waals surface area contributed by atoms with Crippen molar-refractivity contribution in [2.45, 2.75) is 53.5 Å². The molecule has 0 heterocycles. The van der Waals surface area contributed by atoms with Crippen LogP contribution in [-0.4, -0.2) is 17.9 Å². The van der Waals surface area contributed by atoms with E-state index in [0.717, 1.165) is 12.8 Å². The molecule has 2 amide bonds. The third-order valence-corrected chi connectivity index (χ3v) is 3.37. The third-order valence-electron chi connectivity index (χ3n) is 3.37. The lowest BCUT2D eigenvalue weighted by Crippen LogP contribution is -2.51. The maximum atomic E-state index is 12.0. The summed E-state index contributed by atoms with van der Waals surface area (Å²) in [5.41, 5.74) is 4.84. The molecule has 0 aliphatic heterocycles. The molecule has 0 rings (SSSR count). The van der Waals surface area contributed by atoms with Crippen LogP contribution >= 0.6 is 0 Å². The summed E-state index contributed by atoms with van der Waals surface area (Å²) in [6, 6.07) is -0.579. The van der Waals surface area contributed by atoms with Gasteiger partial charge in [0.15, 0.2) is 0 Å². The molecule has 0 bridgehead atoms. The second-order valence-electron chi connectivity index (χ2n) is 4.87. The molecule has 1 atom stereocenters. The number of nitrogens with two attached hydrogens (primary N) is 1. The van der Waals surface area contributed by atoms with E-state index in [-0.39, 0.29) is 11.8 Å². The first-order valence-electron chi connectivity index (χ1n) is 5.88. The third kappa shape index (κ3) is 3.51. The van der Waals surface area contributed by atoms with Gasteiger partial charge in [0.05, 0.1) is 0 Å². The van der Waals surface area contributed by atoms with Gasteiger partial charge in [0.2, 0.25) is 11.8 Å². The normalized spacial score (nSPS) is 13.6. The van der Waals surface area contributed by atoms with Crippen LogP contribution in [0.3, 0.4) is 0 Å². The molecule has 0 aromatic rings. The fourth-order valence-corrected chi connectivity index (χ4v) is 1.45. The molecular weight excluding hydrogens is 204 g/mol. The molecule has 0 aromatic carbocycles. The van der Waals surface area contributed by atoms with Crippen molar-refractivity contribution in [1.29, 1.82) is 0 Å². The Balaban J connectivity index is 4.70. The van der Waals surface area contributed by atoms with Crippen molar-refractivity contribution in [3.8, 4) is 0 Å². The molecule has 94 valence electrons. The quantitative estimate of drug-likeness (QED) is 0.722. The zero-order valence-electron chi connectivity index (χ0n) is 11.0. The predicted octanol–water partition coefficient (Wildman–Crippen LogP) is 1.44. The number of nitrogens with one attached hydrogen (secondary N) is 1. The average molecular weight is 228 g/mol. The van der Waals surface area contributed by atoms with E-state index in [1.807, 2.05) is 34.6 Å². The van der Waals surface area contributed by atoms with E-state index in [1.54, 1.807) is 0 Å². The number of carbonyl (C=O) groups excluding carboxylic acids is 2. The minimum atomic E-state index is -0.579. The molecule has 0 aliphatic rings. The number of carbonyl (C=O) groups is 2. The topological polar surface area (TPSA) is 72.2 Å². The van der Waals surface area contributed by atoms with Crippen molar-refractivity contribution in [2.24, 2.45) is 17.1 Å². The minimum absolute atomic E-state index is 0.0133. The highest BCUT2D eigenvalue weighted by molar-refractivity contribution is 5.89. The summed E-state index contributed by atoms with van der Waals surface area (Å²) >= 11 is 0. The van der Waals surface area contributed by atoms with Gasteiger partial charge < -0.3 is 11.1 Å². The van der Waals surface area contributed by atoms with E-state index in [9.17, 15) is 9.59 Å². The molecule has 1 unspecified atom stereocenters. The van der Waals surface area contributed by atoms with Gasteiger partial charge in [-0.25, -0.2) is 0 Å². The second-order valence-corrected chi connectivity index (χ2v) is 4.87. The Labute approximate surface area is 98.0 Å². The van der Waals surface area contributed by atoms with Gasteiger partial charge in [-0.2, -0.15) is 0 Å². The molecule has 16 heavy (non-hydrogen) atoms. The zero-order valence-corrected chi connectivity index (χ0v) is 11.0. The summed E-state index contributed by atoms with van der Waals surface area (Å²) in [5, 5.41) is 2.74. The van der Waals surface area contributed by atoms with E-state index in [0.29, 0.717) is 0 Å². The van der Waals surface area contributed by atoms with Gasteiger partial charge in [-0.15, -0.1) is 0 Å². The SMILES string of the molecule is CCC(C)(CC)C(=O)NC(C(N)=O)C(C)C. The Hall–Kier alpha value is -1.06. The van der Waals surface area contributed by atoms with Gasteiger partial charge in [0.1, 0.15) is 6.04 Å². The van der Waals surface area contributed by atoms with Crippen molar-refractivity contribution in [1.82, 2.24) is 5.32 Å². The molecule has 4 heteroatoms. The summed E-state index contributed by atoms with van der Waals surface area (Å²) < 4.78 is 0. The van der Waals surface area contributed by atoms with Crippen molar-refractivity contribution >= 4 is 11.8 Å². The molecule has 0 fully saturated rings. The Kier molecular flexibility index (Phi) is 5.48. The van der Waals surface area contributed by atoms with E-state index >= 15 is 0 Å². The fraction of sp³-hybridized carbons (Fsp3) is 0.833. The van der Waals surface area contributed by atoms with Crippen LogP contribution in [0.2, 0.25) is 0 Å². The van der Waals surface area contributed by atoms with Gasteiger partial charge in [0, 0.05) is 5.41 Å². The molecule has 0 radical (unpaired) electrons. The number of primary amides is 1. The van der Waals surface area contributed by atoms with Crippen LogP contribution < -0.4 is 11.1 Å². The van der Waals surface area contributed by atoms with Gasteiger partial charge >= 0.3 is 0 Å². The van der Waals surface area contributed by atoms with Crippen LogP contribution in [0.4, 0.5) is 0 Å². The molecule has 3 N–H and O–H groups in total. The monoisotopic (exact) mass is 228 g/mol. The first kappa shape index (κ1) is 14.9. The second kappa shape index (κ2) is 5.87. The smallest absolute Gasteiger partial charge is 0.240 e. The van der Waals surface area contributed by atoms with Crippen molar-refractivity contribution in [3.63, 3.8) is 0 Å². The number of hydrogen-bond donors (Lipinski definition) is 2. The molecule has 4 nitrogen and oxygen atoms in total.